The highest BCUT2D eigenvalue weighted by Crippen LogP contribution is 2.24. The smallest absolute Gasteiger partial charge is 0.0479 e. The highest BCUT2D eigenvalue weighted by atomic mass is 127. The lowest BCUT2D eigenvalue weighted by Crippen LogP contribution is -2.29. The summed E-state index contributed by atoms with van der Waals surface area (Å²) in [6.45, 7) is 0. The van der Waals surface area contributed by atoms with Gasteiger partial charge in [0, 0.05) is 42.6 Å². The van der Waals surface area contributed by atoms with Gasteiger partial charge in [0.2, 0.25) is 0 Å². The van der Waals surface area contributed by atoms with Crippen LogP contribution in [0.3, 0.4) is 0 Å². The van der Waals surface area contributed by atoms with Gasteiger partial charge in [0.25, 0.3) is 0 Å². The molecule has 2 rings (SSSR count). The van der Waals surface area contributed by atoms with Crippen molar-refractivity contribution in [2.75, 3.05) is 16.8 Å². The molecule has 1 saturated heterocycles. The zero-order valence-corrected chi connectivity index (χ0v) is 12.4. The molecule has 1 aromatic rings. The Kier molecular flexibility index (Phi) is 4.49. The van der Waals surface area contributed by atoms with Crippen LogP contribution in [0.1, 0.15) is 12.8 Å². The highest BCUT2D eigenvalue weighted by Gasteiger charge is 2.18. The molecule has 16 heavy (non-hydrogen) atoms. The standard InChI is InChI=1S/C11H13ClINOS/c12-8-1-2-11(10(13)7-8)14-9-3-5-16(15)6-4-9/h1-2,7,9,14H,3-6H2. The minimum atomic E-state index is -0.591. The van der Waals surface area contributed by atoms with Gasteiger partial charge in [-0.3, -0.25) is 4.21 Å². The Hall–Kier alpha value is 0.190. The molecule has 0 radical (unpaired) electrons. The second kappa shape index (κ2) is 5.69. The molecule has 88 valence electrons. The molecule has 1 aliphatic heterocycles. The van der Waals surface area contributed by atoms with Crippen LogP contribution in [0.2, 0.25) is 5.02 Å². The first-order valence-electron chi connectivity index (χ1n) is 5.22. The van der Waals surface area contributed by atoms with Crippen molar-refractivity contribution in [3.63, 3.8) is 0 Å². The SMILES string of the molecule is O=S1CCC(Nc2ccc(Cl)cc2I)CC1. The maximum absolute atomic E-state index is 11.2. The minimum absolute atomic E-state index is 0.451. The molecule has 0 aliphatic carbocycles. The second-order valence-electron chi connectivity index (χ2n) is 3.89. The average molecular weight is 370 g/mol. The van der Waals surface area contributed by atoms with Gasteiger partial charge in [-0.25, -0.2) is 0 Å². The second-order valence-corrected chi connectivity index (χ2v) is 7.19. The monoisotopic (exact) mass is 369 g/mol. The summed E-state index contributed by atoms with van der Waals surface area (Å²) in [5.41, 5.74) is 1.13. The summed E-state index contributed by atoms with van der Waals surface area (Å²) in [5.74, 6) is 1.64. The number of hydrogen-bond donors (Lipinski definition) is 1. The maximum Gasteiger partial charge on any atom is 0.0479 e. The summed E-state index contributed by atoms with van der Waals surface area (Å²) < 4.78 is 12.4. The summed E-state index contributed by atoms with van der Waals surface area (Å²) in [7, 11) is -0.591. The summed E-state index contributed by atoms with van der Waals surface area (Å²) in [4.78, 5) is 0. The molecule has 1 aliphatic rings. The van der Waals surface area contributed by atoms with E-state index in [1.165, 1.54) is 0 Å². The van der Waals surface area contributed by atoms with Crippen LogP contribution in [-0.4, -0.2) is 21.8 Å². The van der Waals surface area contributed by atoms with Gasteiger partial charge < -0.3 is 5.32 Å². The van der Waals surface area contributed by atoms with E-state index in [0.717, 1.165) is 38.6 Å². The van der Waals surface area contributed by atoms with Crippen molar-refractivity contribution in [2.45, 2.75) is 18.9 Å². The van der Waals surface area contributed by atoms with Crippen molar-refractivity contribution < 1.29 is 4.21 Å². The van der Waals surface area contributed by atoms with Crippen LogP contribution in [0, 0.1) is 3.57 Å². The van der Waals surface area contributed by atoms with Gasteiger partial charge >= 0.3 is 0 Å². The zero-order valence-electron chi connectivity index (χ0n) is 8.71. The molecule has 0 saturated carbocycles. The van der Waals surface area contributed by atoms with Gasteiger partial charge in [0.05, 0.1) is 0 Å². The fourth-order valence-corrected chi connectivity index (χ4v) is 4.09. The lowest BCUT2D eigenvalue weighted by molar-refractivity contribution is 0.624. The minimum Gasteiger partial charge on any atom is -0.381 e. The third-order valence-electron chi connectivity index (χ3n) is 2.68. The Morgan fingerprint density at radius 3 is 2.69 bits per heavy atom. The number of halogens is 2. The van der Waals surface area contributed by atoms with E-state index in [1.807, 2.05) is 18.2 Å². The van der Waals surface area contributed by atoms with Crippen molar-refractivity contribution in [3.8, 4) is 0 Å². The average Bonchev–Trinajstić information content (AvgIpc) is 2.25. The van der Waals surface area contributed by atoms with Gasteiger partial charge in [-0.1, -0.05) is 11.6 Å². The van der Waals surface area contributed by atoms with Gasteiger partial charge in [-0.05, 0) is 53.6 Å². The normalized spacial score (nSPS) is 25.4. The van der Waals surface area contributed by atoms with Gasteiger partial charge in [-0.15, -0.1) is 0 Å². The van der Waals surface area contributed by atoms with E-state index in [-0.39, 0.29) is 0 Å². The Morgan fingerprint density at radius 2 is 2.06 bits per heavy atom. The summed E-state index contributed by atoms with van der Waals surface area (Å²) >= 11 is 8.19. The maximum atomic E-state index is 11.2. The largest absolute Gasteiger partial charge is 0.381 e. The van der Waals surface area contributed by atoms with Gasteiger partial charge in [0.15, 0.2) is 0 Å². The molecule has 1 N–H and O–H groups in total. The van der Waals surface area contributed by atoms with Crippen molar-refractivity contribution in [1.29, 1.82) is 0 Å². The predicted molar refractivity (Wildman–Crippen MR) is 78.7 cm³/mol. The highest BCUT2D eigenvalue weighted by molar-refractivity contribution is 14.1. The van der Waals surface area contributed by atoms with Crippen molar-refractivity contribution in [2.24, 2.45) is 0 Å². The van der Waals surface area contributed by atoms with E-state index in [2.05, 4.69) is 27.9 Å². The molecule has 0 amide bonds. The number of benzene rings is 1. The van der Waals surface area contributed by atoms with Gasteiger partial charge in [0.1, 0.15) is 0 Å². The summed E-state index contributed by atoms with van der Waals surface area (Å²) in [6, 6.07) is 6.31. The molecule has 5 heteroatoms. The number of nitrogens with one attached hydrogen (secondary N) is 1. The first kappa shape index (κ1) is 12.6. The fraction of sp³-hybridized carbons (Fsp3) is 0.455. The molecule has 2 nitrogen and oxygen atoms in total. The van der Waals surface area contributed by atoms with Crippen LogP contribution in [0.25, 0.3) is 0 Å². The predicted octanol–water partition coefficient (Wildman–Crippen LogP) is 3.27. The topological polar surface area (TPSA) is 29.1 Å². The molecular formula is C11H13ClINOS. The Bertz CT molecular complexity index is 403. The fourth-order valence-electron chi connectivity index (χ4n) is 1.76. The molecule has 0 atom stereocenters. The molecule has 0 aromatic heterocycles. The first-order chi connectivity index (χ1) is 7.65. The molecule has 0 unspecified atom stereocenters. The zero-order chi connectivity index (χ0) is 11.5. The van der Waals surface area contributed by atoms with E-state index < -0.39 is 10.8 Å². The van der Waals surface area contributed by atoms with Crippen molar-refractivity contribution >= 4 is 50.7 Å². The Balaban J connectivity index is 2.01. The third-order valence-corrected chi connectivity index (χ3v) is 5.19. The molecule has 1 heterocycles. The molecule has 1 fully saturated rings. The van der Waals surface area contributed by atoms with Crippen LogP contribution < -0.4 is 5.32 Å². The van der Waals surface area contributed by atoms with Crippen LogP contribution >= 0.6 is 34.2 Å². The van der Waals surface area contributed by atoms with E-state index in [4.69, 9.17) is 11.6 Å². The first-order valence-corrected chi connectivity index (χ1v) is 8.16. The molecule has 0 bridgehead atoms. The summed E-state index contributed by atoms with van der Waals surface area (Å²) in [5, 5.41) is 4.26. The summed E-state index contributed by atoms with van der Waals surface area (Å²) in [6.07, 6.45) is 1.98. The molecular weight excluding hydrogens is 357 g/mol. The third kappa shape index (κ3) is 3.34. The van der Waals surface area contributed by atoms with E-state index in [1.54, 1.807) is 0 Å². The van der Waals surface area contributed by atoms with E-state index >= 15 is 0 Å². The van der Waals surface area contributed by atoms with Gasteiger partial charge in [-0.2, -0.15) is 0 Å². The lowest BCUT2D eigenvalue weighted by Gasteiger charge is -2.24. The number of hydrogen-bond acceptors (Lipinski definition) is 2. The number of anilines is 1. The van der Waals surface area contributed by atoms with Crippen LogP contribution in [0.4, 0.5) is 5.69 Å². The van der Waals surface area contributed by atoms with Crippen LogP contribution in [-0.2, 0) is 10.8 Å². The Morgan fingerprint density at radius 1 is 1.38 bits per heavy atom. The van der Waals surface area contributed by atoms with E-state index in [9.17, 15) is 4.21 Å². The lowest BCUT2D eigenvalue weighted by atomic mass is 10.1. The Labute approximate surface area is 117 Å². The van der Waals surface area contributed by atoms with Crippen molar-refractivity contribution in [1.82, 2.24) is 0 Å². The van der Waals surface area contributed by atoms with E-state index in [0.29, 0.717) is 6.04 Å². The van der Waals surface area contributed by atoms with Crippen molar-refractivity contribution in [3.05, 3.63) is 26.8 Å². The van der Waals surface area contributed by atoms with Crippen LogP contribution in [0.15, 0.2) is 18.2 Å². The quantitative estimate of drug-likeness (QED) is 0.811. The van der Waals surface area contributed by atoms with Crippen LogP contribution in [0.5, 0.6) is 0 Å². The molecule has 0 spiro atoms. The number of rotatable bonds is 2. The molecule has 1 aromatic carbocycles.